The summed E-state index contributed by atoms with van der Waals surface area (Å²) in [5.74, 6) is -1.47. The molecular weight excluding hydrogens is 412 g/mol. The normalized spacial score (nSPS) is 30.2. The van der Waals surface area contributed by atoms with Crippen LogP contribution in [0.25, 0.3) is 0 Å². The van der Waals surface area contributed by atoms with Gasteiger partial charge in [-0.2, -0.15) is 0 Å². The molecule has 0 radical (unpaired) electrons. The fourth-order valence-corrected chi connectivity index (χ4v) is 5.58. The predicted octanol–water partition coefficient (Wildman–Crippen LogP) is 0.194. The van der Waals surface area contributed by atoms with E-state index in [1.54, 1.807) is 12.1 Å². The van der Waals surface area contributed by atoms with E-state index in [9.17, 15) is 19.2 Å². The van der Waals surface area contributed by atoms with E-state index >= 15 is 0 Å². The fourth-order valence-electron chi connectivity index (χ4n) is 5.58. The largest absolute Gasteiger partial charge is 0.381 e. The minimum Gasteiger partial charge on any atom is -0.381 e. The summed E-state index contributed by atoms with van der Waals surface area (Å²) in [7, 11) is 0. The third kappa shape index (κ3) is 3.54. The van der Waals surface area contributed by atoms with Crippen molar-refractivity contribution in [3.63, 3.8) is 0 Å². The average molecular weight is 441 g/mol. The van der Waals surface area contributed by atoms with Crippen molar-refractivity contribution in [2.45, 2.75) is 38.3 Å². The Bertz CT molecular complexity index is 971. The van der Waals surface area contributed by atoms with Gasteiger partial charge in [-0.1, -0.05) is 12.1 Å². The summed E-state index contributed by atoms with van der Waals surface area (Å²) >= 11 is 0. The fraction of sp³-hybridized carbons (Fsp3) is 0.565. The van der Waals surface area contributed by atoms with Gasteiger partial charge in [-0.25, -0.2) is 0 Å². The summed E-state index contributed by atoms with van der Waals surface area (Å²) in [6.45, 7) is 4.81. The zero-order valence-electron chi connectivity index (χ0n) is 17.9. The molecule has 4 aliphatic heterocycles. The molecule has 0 bridgehead atoms. The zero-order valence-corrected chi connectivity index (χ0v) is 17.9. The van der Waals surface area contributed by atoms with Crippen LogP contribution in [-0.4, -0.2) is 67.4 Å². The molecular formula is C23H28N4O5. The van der Waals surface area contributed by atoms with Gasteiger partial charge in [-0.3, -0.25) is 29.4 Å². The van der Waals surface area contributed by atoms with E-state index in [1.807, 2.05) is 6.07 Å². The molecule has 32 heavy (non-hydrogen) atoms. The van der Waals surface area contributed by atoms with Crippen LogP contribution in [0.5, 0.6) is 0 Å². The molecule has 4 heterocycles. The second-order valence-corrected chi connectivity index (χ2v) is 9.23. The third-order valence-electron chi connectivity index (χ3n) is 7.45. The number of carbonyl (C=O) groups is 4. The minimum absolute atomic E-state index is 0.110. The van der Waals surface area contributed by atoms with E-state index in [0.717, 1.165) is 56.2 Å². The smallest absolute Gasteiger partial charge is 0.262 e. The van der Waals surface area contributed by atoms with Crippen molar-refractivity contribution in [1.82, 2.24) is 20.9 Å². The van der Waals surface area contributed by atoms with Crippen LogP contribution in [0.3, 0.4) is 0 Å². The number of hydrogen-bond acceptors (Lipinski definition) is 7. The number of hydrogen-bond donors (Lipinski definition) is 3. The maximum absolute atomic E-state index is 13.2. The highest BCUT2D eigenvalue weighted by atomic mass is 16.5. The van der Waals surface area contributed by atoms with E-state index in [2.05, 4.69) is 16.0 Å². The highest BCUT2D eigenvalue weighted by molar-refractivity contribution is 6.24. The Hall–Kier alpha value is -2.62. The molecule has 0 saturated carbocycles. The van der Waals surface area contributed by atoms with Crippen LogP contribution in [0.1, 0.15) is 52.0 Å². The molecule has 0 aliphatic carbocycles. The molecule has 0 aromatic heterocycles. The predicted molar refractivity (Wildman–Crippen MR) is 114 cm³/mol. The molecule has 1 aromatic rings. The van der Waals surface area contributed by atoms with Gasteiger partial charge in [-0.15, -0.1) is 0 Å². The average Bonchev–Trinajstić information content (AvgIpc) is 3.34. The lowest BCUT2D eigenvalue weighted by Gasteiger charge is -2.41. The lowest BCUT2D eigenvalue weighted by Crippen LogP contribution is -2.54. The molecule has 9 nitrogen and oxygen atoms in total. The third-order valence-corrected chi connectivity index (χ3v) is 7.45. The Labute approximate surface area is 186 Å². The quantitative estimate of drug-likeness (QED) is 0.560. The molecule has 3 N–H and O–H groups in total. The number of piperidine rings is 2. The lowest BCUT2D eigenvalue weighted by molar-refractivity contribution is -0.136. The highest BCUT2D eigenvalue weighted by Gasteiger charge is 2.46. The molecule has 4 amide bonds. The summed E-state index contributed by atoms with van der Waals surface area (Å²) in [5.41, 5.74) is 1.64. The first-order valence-electron chi connectivity index (χ1n) is 11.3. The molecule has 4 aliphatic rings. The first-order chi connectivity index (χ1) is 15.5. The van der Waals surface area contributed by atoms with Gasteiger partial charge in [0.1, 0.15) is 6.04 Å². The van der Waals surface area contributed by atoms with Crippen LogP contribution in [-0.2, 0) is 20.9 Å². The van der Waals surface area contributed by atoms with E-state index in [1.165, 1.54) is 0 Å². The van der Waals surface area contributed by atoms with Gasteiger partial charge in [-0.05, 0) is 49.9 Å². The van der Waals surface area contributed by atoms with Crippen LogP contribution in [0.2, 0.25) is 0 Å². The SMILES string of the molecule is O=C1CCC(N2C(=O)c3cccc(CNCC4CNCCC45CCOC5)c3C2=O)C(=O)N1. The van der Waals surface area contributed by atoms with Gasteiger partial charge in [0.15, 0.2) is 0 Å². The first-order valence-corrected chi connectivity index (χ1v) is 11.3. The summed E-state index contributed by atoms with van der Waals surface area (Å²) < 4.78 is 5.71. The Morgan fingerprint density at radius 2 is 2.03 bits per heavy atom. The molecule has 3 unspecified atom stereocenters. The first kappa shape index (κ1) is 21.2. The molecule has 3 saturated heterocycles. The molecule has 3 atom stereocenters. The van der Waals surface area contributed by atoms with Gasteiger partial charge in [0.25, 0.3) is 11.8 Å². The number of benzene rings is 1. The summed E-state index contributed by atoms with van der Waals surface area (Å²) in [5, 5.41) is 9.20. The van der Waals surface area contributed by atoms with E-state index in [-0.39, 0.29) is 24.2 Å². The zero-order chi connectivity index (χ0) is 22.3. The number of ether oxygens (including phenoxy) is 1. The van der Waals surface area contributed by atoms with Crippen LogP contribution in [0, 0.1) is 11.3 Å². The van der Waals surface area contributed by atoms with Crippen molar-refractivity contribution >= 4 is 23.6 Å². The Kier molecular flexibility index (Phi) is 5.56. The summed E-state index contributed by atoms with van der Waals surface area (Å²) in [4.78, 5) is 51.0. The molecule has 170 valence electrons. The Morgan fingerprint density at radius 3 is 2.81 bits per heavy atom. The number of amides is 4. The number of carbonyl (C=O) groups excluding carboxylic acids is 4. The van der Waals surface area contributed by atoms with Crippen molar-refractivity contribution < 1.29 is 23.9 Å². The van der Waals surface area contributed by atoms with Crippen molar-refractivity contribution in [3.05, 3.63) is 34.9 Å². The standard InChI is InChI=1S/C23H28N4O5/c28-18-5-4-17(20(29)26-18)27-21(30)16-3-1-2-14(19(16)22(27)31)10-25-12-15-11-24-8-6-23(15)7-9-32-13-23/h1-3,15,17,24-25H,4-13H2,(H,26,28,29). The molecule has 3 fully saturated rings. The van der Waals surface area contributed by atoms with Gasteiger partial charge in [0, 0.05) is 31.5 Å². The maximum atomic E-state index is 13.2. The van der Waals surface area contributed by atoms with Crippen LogP contribution >= 0.6 is 0 Å². The number of nitrogens with zero attached hydrogens (tertiary/aromatic N) is 1. The Morgan fingerprint density at radius 1 is 1.16 bits per heavy atom. The summed E-state index contributed by atoms with van der Waals surface area (Å²) in [6.07, 6.45) is 2.45. The number of fused-ring (bicyclic) bond motifs is 1. The van der Waals surface area contributed by atoms with Crippen molar-refractivity contribution in [1.29, 1.82) is 0 Å². The van der Waals surface area contributed by atoms with E-state index in [4.69, 9.17) is 4.74 Å². The van der Waals surface area contributed by atoms with Gasteiger partial charge in [0.2, 0.25) is 11.8 Å². The molecule has 1 aromatic carbocycles. The lowest BCUT2D eigenvalue weighted by atomic mass is 9.70. The number of nitrogens with one attached hydrogen (secondary N) is 3. The van der Waals surface area contributed by atoms with E-state index < -0.39 is 23.8 Å². The maximum Gasteiger partial charge on any atom is 0.262 e. The highest BCUT2D eigenvalue weighted by Crippen LogP contribution is 2.41. The van der Waals surface area contributed by atoms with Crippen LogP contribution in [0.15, 0.2) is 18.2 Å². The van der Waals surface area contributed by atoms with Crippen LogP contribution < -0.4 is 16.0 Å². The second-order valence-electron chi connectivity index (χ2n) is 9.23. The van der Waals surface area contributed by atoms with Crippen molar-refractivity contribution in [3.8, 4) is 0 Å². The van der Waals surface area contributed by atoms with Crippen LogP contribution in [0.4, 0.5) is 0 Å². The van der Waals surface area contributed by atoms with Crippen molar-refractivity contribution in [2.75, 3.05) is 32.8 Å². The summed E-state index contributed by atoms with van der Waals surface area (Å²) in [6, 6.07) is 4.29. The van der Waals surface area contributed by atoms with Gasteiger partial charge >= 0.3 is 0 Å². The van der Waals surface area contributed by atoms with Crippen molar-refractivity contribution in [2.24, 2.45) is 11.3 Å². The number of imide groups is 2. The molecule has 5 rings (SSSR count). The minimum atomic E-state index is -0.948. The topological polar surface area (TPSA) is 117 Å². The second kappa shape index (κ2) is 8.38. The molecule has 9 heteroatoms. The monoisotopic (exact) mass is 440 g/mol. The molecule has 1 spiro atoms. The Balaban J connectivity index is 1.30. The van der Waals surface area contributed by atoms with E-state index in [0.29, 0.717) is 23.6 Å². The number of rotatable bonds is 5. The van der Waals surface area contributed by atoms with Gasteiger partial charge in [0.05, 0.1) is 17.7 Å². The van der Waals surface area contributed by atoms with Gasteiger partial charge < -0.3 is 15.4 Å².